The minimum atomic E-state index is -3.68. The third-order valence-electron chi connectivity index (χ3n) is 3.20. The van der Waals surface area contributed by atoms with Crippen LogP contribution in [-0.4, -0.2) is 43.5 Å². The molecule has 0 aliphatic carbocycles. The van der Waals surface area contributed by atoms with Gasteiger partial charge in [0.2, 0.25) is 10.0 Å². The van der Waals surface area contributed by atoms with E-state index in [1.54, 1.807) is 0 Å². The Hall–Kier alpha value is -1.60. The fourth-order valence-corrected chi connectivity index (χ4v) is 2.43. The molecule has 0 aliphatic rings. The zero-order chi connectivity index (χ0) is 16.4. The molecule has 0 amide bonds. The molecule has 0 spiro atoms. The van der Waals surface area contributed by atoms with E-state index in [0.29, 0.717) is 6.42 Å². The summed E-state index contributed by atoms with van der Waals surface area (Å²) in [6.07, 6.45) is 0.684. The Morgan fingerprint density at radius 1 is 1.33 bits per heavy atom. The summed E-state index contributed by atoms with van der Waals surface area (Å²) < 4.78 is 30.8. The lowest BCUT2D eigenvalue weighted by Gasteiger charge is -2.26. The SMILES string of the molecule is CCC(C)(C)Oc1ccc(S(=O)(=O)N(C)C)cc1C(=O)O. The van der Waals surface area contributed by atoms with Gasteiger partial charge in [-0.2, -0.15) is 0 Å². The molecule has 1 aromatic rings. The zero-order valence-corrected chi connectivity index (χ0v) is 13.7. The number of rotatable bonds is 6. The lowest BCUT2D eigenvalue weighted by molar-refractivity contribution is 0.0671. The Balaban J connectivity index is 3.36. The third kappa shape index (κ3) is 3.95. The second-order valence-corrected chi connectivity index (χ2v) is 7.62. The van der Waals surface area contributed by atoms with Gasteiger partial charge in [0.1, 0.15) is 16.9 Å². The summed E-state index contributed by atoms with van der Waals surface area (Å²) in [5, 5.41) is 9.28. The molecule has 0 bridgehead atoms. The van der Waals surface area contributed by atoms with Crippen LogP contribution in [0.3, 0.4) is 0 Å². The molecule has 1 rings (SSSR count). The van der Waals surface area contributed by atoms with Gasteiger partial charge in [0, 0.05) is 14.1 Å². The van der Waals surface area contributed by atoms with Crippen molar-refractivity contribution in [3.63, 3.8) is 0 Å². The molecule has 1 aromatic carbocycles. The lowest BCUT2D eigenvalue weighted by atomic mass is 10.1. The van der Waals surface area contributed by atoms with Gasteiger partial charge in [-0.25, -0.2) is 17.5 Å². The van der Waals surface area contributed by atoms with Gasteiger partial charge in [-0.1, -0.05) is 6.92 Å². The quantitative estimate of drug-likeness (QED) is 0.870. The minimum absolute atomic E-state index is 0.0773. The minimum Gasteiger partial charge on any atom is -0.487 e. The number of carbonyl (C=O) groups is 1. The second kappa shape index (κ2) is 6.03. The molecule has 0 aliphatic heterocycles. The molecule has 0 heterocycles. The Labute approximate surface area is 125 Å². The van der Waals surface area contributed by atoms with E-state index >= 15 is 0 Å². The summed E-state index contributed by atoms with van der Waals surface area (Å²) in [6, 6.07) is 3.86. The maximum absolute atomic E-state index is 12.1. The summed E-state index contributed by atoms with van der Waals surface area (Å²) in [5.74, 6) is -1.07. The predicted octanol–water partition coefficient (Wildman–Crippen LogP) is 2.20. The number of aromatic carboxylic acids is 1. The van der Waals surface area contributed by atoms with Gasteiger partial charge in [-0.05, 0) is 38.5 Å². The molecule has 1 N–H and O–H groups in total. The number of benzene rings is 1. The highest BCUT2D eigenvalue weighted by Crippen LogP contribution is 2.28. The number of carboxylic acids is 1. The molecule has 0 saturated heterocycles. The highest BCUT2D eigenvalue weighted by atomic mass is 32.2. The van der Waals surface area contributed by atoms with Gasteiger partial charge in [0.15, 0.2) is 0 Å². The van der Waals surface area contributed by atoms with Gasteiger partial charge in [0.25, 0.3) is 0 Å². The highest BCUT2D eigenvalue weighted by Gasteiger charge is 2.24. The van der Waals surface area contributed by atoms with Crippen LogP contribution in [0.2, 0.25) is 0 Å². The normalized spacial score (nSPS) is 12.5. The predicted molar refractivity (Wildman–Crippen MR) is 79.3 cm³/mol. The first-order valence-corrected chi connectivity index (χ1v) is 7.94. The molecule has 0 radical (unpaired) electrons. The summed E-state index contributed by atoms with van der Waals surface area (Å²) in [6.45, 7) is 5.59. The monoisotopic (exact) mass is 315 g/mol. The summed E-state index contributed by atoms with van der Waals surface area (Å²) in [4.78, 5) is 11.3. The molecule has 6 nitrogen and oxygen atoms in total. The topological polar surface area (TPSA) is 83.9 Å². The van der Waals surface area contributed by atoms with Crippen LogP contribution in [0, 0.1) is 0 Å². The van der Waals surface area contributed by atoms with E-state index in [0.717, 1.165) is 10.4 Å². The van der Waals surface area contributed by atoms with E-state index < -0.39 is 21.6 Å². The lowest BCUT2D eigenvalue weighted by Crippen LogP contribution is -2.28. The Morgan fingerprint density at radius 3 is 2.33 bits per heavy atom. The van der Waals surface area contributed by atoms with Gasteiger partial charge >= 0.3 is 5.97 Å². The van der Waals surface area contributed by atoms with Crippen LogP contribution in [-0.2, 0) is 10.0 Å². The molecule has 21 heavy (non-hydrogen) atoms. The van der Waals surface area contributed by atoms with E-state index in [1.807, 2.05) is 20.8 Å². The number of ether oxygens (including phenoxy) is 1. The molecule has 0 saturated carbocycles. The van der Waals surface area contributed by atoms with Crippen molar-refractivity contribution in [2.24, 2.45) is 0 Å². The van der Waals surface area contributed by atoms with Crippen molar-refractivity contribution >= 4 is 16.0 Å². The van der Waals surface area contributed by atoms with Crippen LogP contribution in [0.4, 0.5) is 0 Å². The highest BCUT2D eigenvalue weighted by molar-refractivity contribution is 7.89. The Bertz CT molecular complexity index is 635. The average molecular weight is 315 g/mol. The maximum Gasteiger partial charge on any atom is 0.339 e. The van der Waals surface area contributed by atoms with Crippen molar-refractivity contribution < 1.29 is 23.1 Å². The molecule has 7 heteroatoms. The van der Waals surface area contributed by atoms with E-state index in [4.69, 9.17) is 4.74 Å². The van der Waals surface area contributed by atoms with Crippen molar-refractivity contribution in [3.05, 3.63) is 23.8 Å². The van der Waals surface area contributed by atoms with Crippen molar-refractivity contribution in [1.29, 1.82) is 0 Å². The van der Waals surface area contributed by atoms with Gasteiger partial charge in [-0.3, -0.25) is 0 Å². The standard InChI is InChI=1S/C14H21NO5S/c1-6-14(2,3)20-12-8-7-10(9-11(12)13(16)17)21(18,19)15(4)5/h7-9H,6H2,1-5H3,(H,16,17). The van der Waals surface area contributed by atoms with E-state index in [2.05, 4.69) is 0 Å². The number of hydrogen-bond donors (Lipinski definition) is 1. The van der Waals surface area contributed by atoms with Crippen LogP contribution in [0.25, 0.3) is 0 Å². The van der Waals surface area contributed by atoms with Crippen molar-refractivity contribution in [1.82, 2.24) is 4.31 Å². The van der Waals surface area contributed by atoms with Crippen LogP contribution >= 0.6 is 0 Å². The molecule has 0 atom stereocenters. The molecular weight excluding hydrogens is 294 g/mol. The molecular formula is C14H21NO5S. The number of hydrogen-bond acceptors (Lipinski definition) is 4. The van der Waals surface area contributed by atoms with Gasteiger partial charge in [0.05, 0.1) is 4.90 Å². The smallest absolute Gasteiger partial charge is 0.339 e. The fraction of sp³-hybridized carbons (Fsp3) is 0.500. The van der Waals surface area contributed by atoms with Crippen LogP contribution in [0.15, 0.2) is 23.1 Å². The van der Waals surface area contributed by atoms with Crippen LogP contribution < -0.4 is 4.74 Å². The summed E-state index contributed by atoms with van der Waals surface area (Å²) in [5.41, 5.74) is -0.703. The van der Waals surface area contributed by atoms with Crippen molar-refractivity contribution in [3.8, 4) is 5.75 Å². The van der Waals surface area contributed by atoms with E-state index in [1.165, 1.54) is 26.2 Å². The van der Waals surface area contributed by atoms with Crippen molar-refractivity contribution in [2.45, 2.75) is 37.7 Å². The largest absolute Gasteiger partial charge is 0.487 e. The van der Waals surface area contributed by atoms with E-state index in [9.17, 15) is 18.3 Å². The average Bonchev–Trinajstić information content (AvgIpc) is 2.38. The van der Waals surface area contributed by atoms with Gasteiger partial charge in [-0.15, -0.1) is 0 Å². The summed E-state index contributed by atoms with van der Waals surface area (Å²) >= 11 is 0. The Kier molecular flexibility index (Phi) is 5.01. The molecule has 118 valence electrons. The first kappa shape index (κ1) is 17.5. The van der Waals surface area contributed by atoms with Crippen LogP contribution in [0.5, 0.6) is 5.75 Å². The maximum atomic E-state index is 12.1. The number of nitrogens with zero attached hydrogens (tertiary/aromatic N) is 1. The molecule has 0 unspecified atom stereocenters. The second-order valence-electron chi connectivity index (χ2n) is 5.47. The van der Waals surface area contributed by atoms with E-state index in [-0.39, 0.29) is 16.2 Å². The van der Waals surface area contributed by atoms with Crippen LogP contribution in [0.1, 0.15) is 37.6 Å². The third-order valence-corrected chi connectivity index (χ3v) is 5.01. The zero-order valence-electron chi connectivity index (χ0n) is 12.9. The first-order valence-electron chi connectivity index (χ1n) is 6.50. The fourth-order valence-electron chi connectivity index (χ4n) is 1.51. The number of sulfonamides is 1. The molecule has 0 fully saturated rings. The van der Waals surface area contributed by atoms with Gasteiger partial charge < -0.3 is 9.84 Å². The first-order chi connectivity index (χ1) is 9.51. The Morgan fingerprint density at radius 2 is 1.90 bits per heavy atom. The summed E-state index contributed by atoms with van der Waals surface area (Å²) in [7, 11) is -0.906. The molecule has 0 aromatic heterocycles. The van der Waals surface area contributed by atoms with Crippen molar-refractivity contribution in [2.75, 3.05) is 14.1 Å². The number of carboxylic acid groups (broad SMARTS) is 1.